The van der Waals surface area contributed by atoms with Crippen molar-refractivity contribution in [2.45, 2.75) is 19.5 Å². The van der Waals surface area contributed by atoms with Crippen LogP contribution in [0.4, 0.5) is 10.1 Å². The molecule has 1 saturated heterocycles. The van der Waals surface area contributed by atoms with Crippen LogP contribution in [0.3, 0.4) is 0 Å². The third-order valence-corrected chi connectivity index (χ3v) is 3.85. The molecular weight excluding hydrogens is 229 g/mol. The van der Waals surface area contributed by atoms with Crippen LogP contribution in [0.25, 0.3) is 0 Å². The first-order valence-corrected chi connectivity index (χ1v) is 6.40. The molecule has 1 aliphatic heterocycles. The maximum absolute atomic E-state index is 13.4. The van der Waals surface area contributed by atoms with Gasteiger partial charge in [-0.1, -0.05) is 19.1 Å². The Hall–Kier alpha value is -1.13. The second-order valence-electron chi connectivity index (χ2n) is 5.51. The Bertz CT molecular complexity index is 420. The number of nitrogens with two attached hydrogens (primary N) is 1. The number of benzene rings is 1. The number of nitrogens with zero attached hydrogens (tertiary/aromatic N) is 2. The molecule has 0 radical (unpaired) electrons. The maximum Gasteiger partial charge on any atom is 0.146 e. The second kappa shape index (κ2) is 5.24. The van der Waals surface area contributed by atoms with E-state index in [1.54, 1.807) is 6.07 Å². The molecule has 0 aromatic heterocycles. The van der Waals surface area contributed by atoms with Crippen LogP contribution >= 0.6 is 0 Å². The molecule has 18 heavy (non-hydrogen) atoms. The van der Waals surface area contributed by atoms with Crippen LogP contribution in [0.15, 0.2) is 18.2 Å². The largest absolute Gasteiger partial charge is 0.396 e. The quantitative estimate of drug-likeness (QED) is 0.831. The van der Waals surface area contributed by atoms with E-state index in [1.807, 2.05) is 6.07 Å². The first-order valence-electron chi connectivity index (χ1n) is 6.40. The molecule has 0 aliphatic carbocycles. The van der Waals surface area contributed by atoms with E-state index >= 15 is 0 Å². The third-order valence-electron chi connectivity index (χ3n) is 3.85. The average molecular weight is 251 g/mol. The first-order chi connectivity index (χ1) is 8.49. The van der Waals surface area contributed by atoms with Crippen LogP contribution in [0.5, 0.6) is 0 Å². The summed E-state index contributed by atoms with van der Waals surface area (Å²) in [6.45, 7) is 5.06. The van der Waals surface area contributed by atoms with Gasteiger partial charge in [-0.25, -0.2) is 4.39 Å². The summed E-state index contributed by atoms with van der Waals surface area (Å²) in [5.41, 5.74) is 6.96. The predicted molar refractivity (Wildman–Crippen MR) is 72.7 cm³/mol. The Morgan fingerprint density at radius 1 is 1.39 bits per heavy atom. The van der Waals surface area contributed by atoms with E-state index in [0.29, 0.717) is 17.6 Å². The van der Waals surface area contributed by atoms with Gasteiger partial charge in [0.05, 0.1) is 5.69 Å². The molecular formula is C14H22FN3. The minimum Gasteiger partial charge on any atom is -0.396 e. The van der Waals surface area contributed by atoms with Crippen molar-refractivity contribution in [1.82, 2.24) is 9.80 Å². The summed E-state index contributed by atoms with van der Waals surface area (Å²) in [5, 5.41) is 0. The smallest absolute Gasteiger partial charge is 0.146 e. The summed E-state index contributed by atoms with van der Waals surface area (Å²) < 4.78 is 13.4. The number of para-hydroxylation sites is 1. The van der Waals surface area contributed by atoms with Gasteiger partial charge < -0.3 is 10.6 Å². The molecule has 0 amide bonds. The topological polar surface area (TPSA) is 32.5 Å². The van der Waals surface area contributed by atoms with Crippen molar-refractivity contribution in [3.05, 3.63) is 29.6 Å². The molecule has 1 aromatic carbocycles. The monoisotopic (exact) mass is 251 g/mol. The zero-order valence-electron chi connectivity index (χ0n) is 11.4. The highest BCUT2D eigenvalue weighted by Gasteiger charge is 2.31. The Morgan fingerprint density at radius 2 is 2.11 bits per heavy atom. The van der Waals surface area contributed by atoms with Crippen molar-refractivity contribution in [3.63, 3.8) is 0 Å². The van der Waals surface area contributed by atoms with Gasteiger partial charge in [-0.3, -0.25) is 4.90 Å². The number of likely N-dealkylation sites (tertiary alicyclic amines) is 1. The van der Waals surface area contributed by atoms with E-state index in [2.05, 4.69) is 30.8 Å². The van der Waals surface area contributed by atoms with Crippen molar-refractivity contribution in [2.24, 2.45) is 5.92 Å². The Kier molecular flexibility index (Phi) is 3.88. The molecule has 2 atom stereocenters. The van der Waals surface area contributed by atoms with Crippen molar-refractivity contribution in [3.8, 4) is 0 Å². The average Bonchev–Trinajstić information content (AvgIpc) is 2.66. The summed E-state index contributed by atoms with van der Waals surface area (Å²) >= 11 is 0. The van der Waals surface area contributed by atoms with E-state index in [1.165, 1.54) is 6.07 Å². The summed E-state index contributed by atoms with van der Waals surface area (Å²) in [4.78, 5) is 4.61. The van der Waals surface area contributed by atoms with Gasteiger partial charge in [0.15, 0.2) is 0 Å². The van der Waals surface area contributed by atoms with Crippen LogP contribution in [-0.4, -0.2) is 43.0 Å². The normalized spacial score (nSPS) is 24.9. The van der Waals surface area contributed by atoms with Crippen molar-refractivity contribution < 1.29 is 4.39 Å². The molecule has 1 fully saturated rings. The molecule has 2 rings (SSSR count). The molecule has 0 spiro atoms. The number of anilines is 1. The van der Waals surface area contributed by atoms with Gasteiger partial charge in [-0.2, -0.15) is 0 Å². The fraction of sp³-hybridized carbons (Fsp3) is 0.571. The zero-order valence-corrected chi connectivity index (χ0v) is 11.4. The van der Waals surface area contributed by atoms with E-state index in [9.17, 15) is 4.39 Å². The zero-order chi connectivity index (χ0) is 13.3. The summed E-state index contributed by atoms with van der Waals surface area (Å²) in [6, 6.07) is 5.61. The molecule has 1 aromatic rings. The molecule has 100 valence electrons. The summed E-state index contributed by atoms with van der Waals surface area (Å²) in [5.74, 6) is 0.318. The van der Waals surface area contributed by atoms with Gasteiger partial charge in [0.25, 0.3) is 0 Å². The summed E-state index contributed by atoms with van der Waals surface area (Å²) in [6.07, 6.45) is 0. The minimum atomic E-state index is -0.316. The lowest BCUT2D eigenvalue weighted by atomic mass is 10.1. The van der Waals surface area contributed by atoms with Gasteiger partial charge in [-0.15, -0.1) is 0 Å². The van der Waals surface area contributed by atoms with Gasteiger partial charge in [-0.05, 0) is 31.6 Å². The molecule has 0 bridgehead atoms. The molecule has 3 nitrogen and oxygen atoms in total. The SMILES string of the molecule is CC1CN(Cc2cccc(F)c2N)CC1N(C)C. The van der Waals surface area contributed by atoms with Crippen LogP contribution in [0.2, 0.25) is 0 Å². The van der Waals surface area contributed by atoms with Crippen LogP contribution < -0.4 is 5.73 Å². The fourth-order valence-corrected chi connectivity index (χ4v) is 2.81. The van der Waals surface area contributed by atoms with E-state index < -0.39 is 0 Å². The number of nitrogen functional groups attached to an aromatic ring is 1. The number of hydrogen-bond acceptors (Lipinski definition) is 3. The van der Waals surface area contributed by atoms with Crippen molar-refractivity contribution in [1.29, 1.82) is 0 Å². The lowest BCUT2D eigenvalue weighted by Crippen LogP contribution is -2.34. The number of halogens is 1. The van der Waals surface area contributed by atoms with E-state index in [4.69, 9.17) is 5.73 Å². The number of likely N-dealkylation sites (N-methyl/N-ethyl adjacent to an activating group) is 1. The van der Waals surface area contributed by atoms with Crippen LogP contribution in [0.1, 0.15) is 12.5 Å². The Morgan fingerprint density at radius 3 is 2.72 bits per heavy atom. The Balaban J connectivity index is 2.05. The molecule has 1 heterocycles. The highest BCUT2D eigenvalue weighted by Crippen LogP contribution is 2.24. The fourth-order valence-electron chi connectivity index (χ4n) is 2.81. The van der Waals surface area contributed by atoms with E-state index in [-0.39, 0.29) is 5.82 Å². The van der Waals surface area contributed by atoms with Crippen molar-refractivity contribution >= 4 is 5.69 Å². The predicted octanol–water partition coefficient (Wildman–Crippen LogP) is 1.79. The lowest BCUT2D eigenvalue weighted by Gasteiger charge is -2.22. The van der Waals surface area contributed by atoms with Gasteiger partial charge in [0.2, 0.25) is 0 Å². The van der Waals surface area contributed by atoms with E-state index in [0.717, 1.165) is 25.2 Å². The van der Waals surface area contributed by atoms with Gasteiger partial charge in [0, 0.05) is 25.7 Å². The number of hydrogen-bond donors (Lipinski definition) is 1. The highest BCUT2D eigenvalue weighted by atomic mass is 19.1. The van der Waals surface area contributed by atoms with Gasteiger partial charge >= 0.3 is 0 Å². The molecule has 2 unspecified atom stereocenters. The van der Waals surface area contributed by atoms with Gasteiger partial charge in [0.1, 0.15) is 5.82 Å². The second-order valence-corrected chi connectivity index (χ2v) is 5.51. The number of rotatable bonds is 3. The molecule has 2 N–H and O–H groups in total. The van der Waals surface area contributed by atoms with Crippen molar-refractivity contribution in [2.75, 3.05) is 32.9 Å². The standard InChI is InChI=1S/C14H22FN3/c1-10-7-18(9-13(10)17(2)3)8-11-5-4-6-12(15)14(11)16/h4-6,10,13H,7-9,16H2,1-3H3. The van der Waals surface area contributed by atoms with Crippen LogP contribution in [-0.2, 0) is 6.54 Å². The minimum absolute atomic E-state index is 0.290. The highest BCUT2D eigenvalue weighted by molar-refractivity contribution is 5.47. The molecule has 0 saturated carbocycles. The molecule has 1 aliphatic rings. The molecule has 4 heteroatoms. The Labute approximate surface area is 108 Å². The maximum atomic E-state index is 13.4. The summed E-state index contributed by atoms with van der Waals surface area (Å²) in [7, 11) is 4.22. The first kappa shape index (κ1) is 13.3. The van der Waals surface area contributed by atoms with Crippen LogP contribution in [0, 0.1) is 11.7 Å². The lowest BCUT2D eigenvalue weighted by molar-refractivity contribution is 0.250. The third kappa shape index (κ3) is 2.65.